The van der Waals surface area contributed by atoms with Gasteiger partial charge in [-0.3, -0.25) is 9.88 Å². The number of guanidine groups is 1. The molecule has 0 aliphatic heterocycles. The fraction of sp³-hybridized carbons (Fsp3) is 0.321. The van der Waals surface area contributed by atoms with E-state index in [-0.39, 0.29) is 6.04 Å². The third-order valence-corrected chi connectivity index (χ3v) is 6.69. The lowest BCUT2D eigenvalue weighted by Crippen LogP contribution is -2.31. The number of nitrogens with one attached hydrogen (secondary N) is 1. The van der Waals surface area contributed by atoms with Crippen LogP contribution in [0.1, 0.15) is 47.1 Å². The number of aromatic amines is 1. The zero-order valence-electron chi connectivity index (χ0n) is 20.5. The lowest BCUT2D eigenvalue weighted by Gasteiger charge is -2.34. The lowest BCUT2D eigenvalue weighted by molar-refractivity contribution is 0.153. The monoisotopic (exact) mass is 467 g/mol. The number of aryl methyl sites for hydroxylation is 1. The maximum Gasteiger partial charge on any atom is 0.191 e. The molecule has 7 heteroatoms. The van der Waals surface area contributed by atoms with Crippen molar-refractivity contribution < 1.29 is 0 Å². The van der Waals surface area contributed by atoms with E-state index in [0.29, 0.717) is 12.5 Å². The van der Waals surface area contributed by atoms with Crippen molar-refractivity contribution in [3.05, 3.63) is 95.1 Å². The van der Waals surface area contributed by atoms with Crippen molar-refractivity contribution >= 4 is 17.0 Å². The number of aromatic nitrogens is 3. The van der Waals surface area contributed by atoms with Crippen LogP contribution in [0.2, 0.25) is 0 Å². The van der Waals surface area contributed by atoms with Gasteiger partial charge in [-0.15, -0.1) is 0 Å². The highest BCUT2D eigenvalue weighted by atomic mass is 15.2. The second-order valence-electron chi connectivity index (χ2n) is 9.45. The number of rotatable bonds is 7. The molecule has 0 radical (unpaired) electrons. The van der Waals surface area contributed by atoms with Crippen molar-refractivity contribution in [1.82, 2.24) is 24.8 Å². The quantitative estimate of drug-likeness (QED) is 0.310. The first kappa shape index (κ1) is 23.1. The van der Waals surface area contributed by atoms with Gasteiger partial charge in [0.05, 0.1) is 35.9 Å². The Labute approximate surface area is 206 Å². The van der Waals surface area contributed by atoms with E-state index in [4.69, 9.17) is 15.7 Å². The summed E-state index contributed by atoms with van der Waals surface area (Å²) in [6.07, 6.45) is 5.29. The van der Waals surface area contributed by atoms with Crippen molar-refractivity contribution in [3.8, 4) is 0 Å². The molecule has 2 aromatic heterocycles. The van der Waals surface area contributed by atoms with Crippen LogP contribution in [0.3, 0.4) is 0 Å². The Hall–Kier alpha value is -3.71. The van der Waals surface area contributed by atoms with Gasteiger partial charge in [-0.1, -0.05) is 42.5 Å². The topological polar surface area (TPSA) is 86.4 Å². The molecule has 5 rings (SSSR count). The largest absolute Gasteiger partial charge is 0.370 e. The van der Waals surface area contributed by atoms with Gasteiger partial charge in [-0.25, -0.2) is 9.98 Å². The molecule has 35 heavy (non-hydrogen) atoms. The van der Waals surface area contributed by atoms with Crippen LogP contribution in [0.4, 0.5) is 0 Å². The molecule has 0 amide bonds. The molecule has 0 saturated carbocycles. The third kappa shape index (κ3) is 5.35. The molecule has 2 heterocycles. The van der Waals surface area contributed by atoms with Crippen LogP contribution in [-0.2, 0) is 26.1 Å². The van der Waals surface area contributed by atoms with E-state index in [1.54, 1.807) is 0 Å². The number of H-pyrrole nitrogens is 1. The van der Waals surface area contributed by atoms with Crippen molar-refractivity contribution in [3.63, 3.8) is 0 Å². The fourth-order valence-electron chi connectivity index (χ4n) is 4.79. The van der Waals surface area contributed by atoms with Crippen molar-refractivity contribution in [2.75, 3.05) is 14.1 Å². The number of benzene rings is 2. The summed E-state index contributed by atoms with van der Waals surface area (Å²) < 4.78 is 0. The van der Waals surface area contributed by atoms with Crippen molar-refractivity contribution in [2.24, 2.45) is 10.7 Å². The SMILES string of the molecule is CN(C)C(N)=NCc1ccc(CN(Cc2nc3ccccc3[nH]2)C2CCCc3cccnc32)cc1. The summed E-state index contributed by atoms with van der Waals surface area (Å²) in [4.78, 5) is 22.0. The number of nitrogens with two attached hydrogens (primary N) is 1. The predicted molar refractivity (Wildman–Crippen MR) is 141 cm³/mol. The third-order valence-electron chi connectivity index (χ3n) is 6.69. The van der Waals surface area contributed by atoms with Gasteiger partial charge >= 0.3 is 0 Å². The molecule has 0 saturated heterocycles. The number of aliphatic imine (C=N–C) groups is 1. The minimum absolute atomic E-state index is 0.261. The summed E-state index contributed by atoms with van der Waals surface area (Å²) >= 11 is 0. The first-order valence-electron chi connectivity index (χ1n) is 12.2. The Morgan fingerprint density at radius 1 is 1.03 bits per heavy atom. The number of imidazole rings is 1. The highest BCUT2D eigenvalue weighted by Gasteiger charge is 2.28. The first-order chi connectivity index (χ1) is 17.1. The number of hydrogen-bond donors (Lipinski definition) is 2. The van der Waals surface area contributed by atoms with Crippen LogP contribution in [0, 0.1) is 0 Å². The molecule has 1 aliphatic carbocycles. The number of hydrogen-bond acceptors (Lipinski definition) is 4. The van der Waals surface area contributed by atoms with E-state index in [1.165, 1.54) is 23.2 Å². The summed E-state index contributed by atoms with van der Waals surface area (Å²) in [7, 11) is 3.80. The van der Waals surface area contributed by atoms with Gasteiger partial charge in [-0.05, 0) is 54.2 Å². The Morgan fingerprint density at radius 2 is 1.83 bits per heavy atom. The summed E-state index contributed by atoms with van der Waals surface area (Å²) in [5.74, 6) is 1.52. The standard InChI is InChI=1S/C28H33N7/c1-34(2)28(29)31-17-20-12-14-21(15-13-20)18-35(19-26-32-23-9-3-4-10-24(23)33-26)25-11-5-7-22-8-6-16-30-27(22)25/h3-4,6,8-10,12-16,25H,5,7,11,17-19H2,1-2H3,(H2,29,31)(H,32,33). The van der Waals surface area contributed by atoms with E-state index >= 15 is 0 Å². The molecular weight excluding hydrogens is 434 g/mol. The molecule has 4 aromatic rings. The summed E-state index contributed by atoms with van der Waals surface area (Å²) in [5.41, 5.74) is 13.0. The van der Waals surface area contributed by atoms with Gasteiger partial charge in [-0.2, -0.15) is 0 Å². The predicted octanol–water partition coefficient (Wildman–Crippen LogP) is 4.41. The number of nitrogens with zero attached hydrogens (tertiary/aromatic N) is 5. The zero-order valence-corrected chi connectivity index (χ0v) is 20.5. The number of fused-ring (bicyclic) bond motifs is 2. The molecule has 180 valence electrons. The molecule has 0 fully saturated rings. The Morgan fingerprint density at radius 3 is 2.63 bits per heavy atom. The normalized spacial score (nSPS) is 16.0. The van der Waals surface area contributed by atoms with Crippen LogP contribution >= 0.6 is 0 Å². The smallest absolute Gasteiger partial charge is 0.191 e. The van der Waals surface area contributed by atoms with E-state index in [2.05, 4.69) is 63.4 Å². The van der Waals surface area contributed by atoms with Gasteiger partial charge in [0, 0.05) is 26.8 Å². The first-order valence-corrected chi connectivity index (χ1v) is 12.2. The molecule has 1 atom stereocenters. The van der Waals surface area contributed by atoms with Gasteiger partial charge < -0.3 is 15.6 Å². The highest BCUT2D eigenvalue weighted by molar-refractivity contribution is 5.77. The van der Waals surface area contributed by atoms with Crippen LogP contribution < -0.4 is 5.73 Å². The molecule has 7 nitrogen and oxygen atoms in total. The van der Waals surface area contributed by atoms with Crippen LogP contribution in [0.25, 0.3) is 11.0 Å². The number of pyridine rings is 1. The summed E-state index contributed by atoms with van der Waals surface area (Å²) in [5, 5.41) is 0. The zero-order chi connectivity index (χ0) is 24.2. The lowest BCUT2D eigenvalue weighted by atomic mass is 9.90. The van der Waals surface area contributed by atoms with Gasteiger partial charge in [0.1, 0.15) is 5.82 Å². The van der Waals surface area contributed by atoms with Crippen LogP contribution in [-0.4, -0.2) is 44.8 Å². The van der Waals surface area contributed by atoms with Crippen LogP contribution in [0.15, 0.2) is 71.9 Å². The molecule has 3 N–H and O–H groups in total. The molecule has 2 aromatic carbocycles. The number of para-hydroxylation sites is 2. The maximum absolute atomic E-state index is 5.94. The van der Waals surface area contributed by atoms with Crippen LogP contribution in [0.5, 0.6) is 0 Å². The van der Waals surface area contributed by atoms with E-state index in [0.717, 1.165) is 48.4 Å². The Balaban J connectivity index is 1.40. The fourth-order valence-corrected chi connectivity index (χ4v) is 4.79. The average molecular weight is 468 g/mol. The second-order valence-corrected chi connectivity index (χ2v) is 9.45. The second kappa shape index (κ2) is 10.3. The van der Waals surface area contributed by atoms with Crippen molar-refractivity contribution in [2.45, 2.75) is 44.9 Å². The van der Waals surface area contributed by atoms with E-state index in [1.807, 2.05) is 37.3 Å². The van der Waals surface area contributed by atoms with E-state index < -0.39 is 0 Å². The minimum Gasteiger partial charge on any atom is -0.370 e. The average Bonchev–Trinajstić information content (AvgIpc) is 3.29. The minimum atomic E-state index is 0.261. The highest BCUT2D eigenvalue weighted by Crippen LogP contribution is 2.34. The van der Waals surface area contributed by atoms with Crippen molar-refractivity contribution in [1.29, 1.82) is 0 Å². The summed E-state index contributed by atoms with van der Waals surface area (Å²) in [6, 6.07) is 21.4. The molecular formula is C28H33N7. The molecule has 1 unspecified atom stereocenters. The van der Waals surface area contributed by atoms with Gasteiger partial charge in [0.25, 0.3) is 0 Å². The van der Waals surface area contributed by atoms with Gasteiger partial charge in [0.15, 0.2) is 5.96 Å². The summed E-state index contributed by atoms with van der Waals surface area (Å²) in [6.45, 7) is 2.13. The molecule has 0 spiro atoms. The van der Waals surface area contributed by atoms with Gasteiger partial charge in [0.2, 0.25) is 0 Å². The maximum atomic E-state index is 5.94. The Bertz CT molecular complexity index is 1270. The Kier molecular flexibility index (Phi) is 6.77. The molecule has 0 bridgehead atoms. The van der Waals surface area contributed by atoms with E-state index in [9.17, 15) is 0 Å². The molecule has 1 aliphatic rings.